The normalized spacial score (nSPS) is 13.9. The van der Waals surface area contributed by atoms with Gasteiger partial charge in [0, 0.05) is 13.1 Å². The molecule has 0 fully saturated rings. The van der Waals surface area contributed by atoms with Crippen molar-refractivity contribution in [1.82, 2.24) is 4.90 Å². The van der Waals surface area contributed by atoms with Crippen molar-refractivity contribution in [3.05, 3.63) is 35.9 Å². The van der Waals surface area contributed by atoms with Crippen molar-refractivity contribution in [2.75, 3.05) is 20.1 Å². The first-order valence-corrected chi connectivity index (χ1v) is 5.90. The summed E-state index contributed by atoms with van der Waals surface area (Å²) in [5.74, 6) is -1.49. The van der Waals surface area contributed by atoms with Crippen LogP contribution in [0.4, 0.5) is 0 Å². The van der Waals surface area contributed by atoms with Gasteiger partial charge in [0.05, 0.1) is 17.9 Å². The molecular weight excluding hydrogens is 228 g/mol. The van der Waals surface area contributed by atoms with Crippen molar-refractivity contribution < 1.29 is 9.90 Å². The molecule has 2 unspecified atom stereocenters. The third kappa shape index (κ3) is 4.19. The van der Waals surface area contributed by atoms with E-state index in [2.05, 4.69) is 6.07 Å². The van der Waals surface area contributed by atoms with Crippen molar-refractivity contribution in [3.8, 4) is 6.07 Å². The van der Waals surface area contributed by atoms with Crippen LogP contribution in [0, 0.1) is 17.2 Å². The van der Waals surface area contributed by atoms with E-state index in [0.29, 0.717) is 13.1 Å². The predicted octanol–water partition coefficient (Wildman–Crippen LogP) is 1.95. The first kappa shape index (κ1) is 14.2. The molecule has 0 saturated heterocycles. The molecule has 0 bridgehead atoms. The highest BCUT2D eigenvalue weighted by Crippen LogP contribution is 2.17. The van der Waals surface area contributed by atoms with Crippen LogP contribution >= 0.6 is 0 Å². The lowest BCUT2D eigenvalue weighted by atomic mass is 9.98. The molecule has 2 atom stereocenters. The summed E-state index contributed by atoms with van der Waals surface area (Å²) in [6.45, 7) is 2.81. The summed E-state index contributed by atoms with van der Waals surface area (Å²) < 4.78 is 0. The number of nitrogens with zero attached hydrogens (tertiary/aromatic N) is 2. The second kappa shape index (κ2) is 6.77. The predicted molar refractivity (Wildman–Crippen MR) is 69.1 cm³/mol. The Balaban J connectivity index is 2.71. The van der Waals surface area contributed by atoms with Gasteiger partial charge in [-0.25, -0.2) is 0 Å². The molecule has 4 nitrogen and oxygen atoms in total. The smallest absolute Gasteiger partial charge is 0.312 e. The Labute approximate surface area is 107 Å². The molecule has 1 rings (SSSR count). The molecule has 18 heavy (non-hydrogen) atoms. The average molecular weight is 246 g/mol. The Morgan fingerprint density at radius 2 is 2.00 bits per heavy atom. The van der Waals surface area contributed by atoms with Crippen LogP contribution in [-0.4, -0.2) is 36.1 Å². The van der Waals surface area contributed by atoms with E-state index in [9.17, 15) is 9.90 Å². The third-order valence-corrected chi connectivity index (χ3v) is 2.80. The van der Waals surface area contributed by atoms with Gasteiger partial charge in [0.25, 0.3) is 0 Å². The van der Waals surface area contributed by atoms with Crippen molar-refractivity contribution in [2.24, 2.45) is 5.92 Å². The number of nitriles is 1. The van der Waals surface area contributed by atoms with E-state index in [1.807, 2.05) is 49.2 Å². The molecule has 0 spiro atoms. The van der Waals surface area contributed by atoms with E-state index in [0.717, 1.165) is 5.56 Å². The van der Waals surface area contributed by atoms with E-state index < -0.39 is 11.9 Å². The van der Waals surface area contributed by atoms with Crippen molar-refractivity contribution in [3.63, 3.8) is 0 Å². The summed E-state index contributed by atoms with van der Waals surface area (Å²) in [6.07, 6.45) is 0. The number of carbonyl (C=O) groups is 1. The lowest BCUT2D eigenvalue weighted by Crippen LogP contribution is -2.31. The van der Waals surface area contributed by atoms with Crippen molar-refractivity contribution >= 4 is 5.97 Å². The standard InChI is InChI=1S/C14H18N2O2/c1-11(8-15)9-16(2)10-13(14(17)18)12-6-4-3-5-7-12/h3-7,11,13H,9-10H2,1-2H3,(H,17,18). The molecule has 0 heterocycles. The fourth-order valence-corrected chi connectivity index (χ4v) is 1.91. The van der Waals surface area contributed by atoms with Gasteiger partial charge in [-0.1, -0.05) is 30.3 Å². The van der Waals surface area contributed by atoms with Gasteiger partial charge >= 0.3 is 5.97 Å². The average Bonchev–Trinajstić information content (AvgIpc) is 2.36. The summed E-state index contributed by atoms with van der Waals surface area (Å²) in [4.78, 5) is 13.2. The maximum Gasteiger partial charge on any atom is 0.312 e. The Hall–Kier alpha value is -1.86. The minimum absolute atomic E-state index is 0.0970. The van der Waals surface area contributed by atoms with Crippen LogP contribution in [-0.2, 0) is 4.79 Å². The summed E-state index contributed by atoms with van der Waals surface area (Å²) in [5.41, 5.74) is 0.793. The van der Waals surface area contributed by atoms with E-state index in [1.165, 1.54) is 0 Å². The lowest BCUT2D eigenvalue weighted by molar-refractivity contribution is -0.139. The summed E-state index contributed by atoms with van der Waals surface area (Å²) in [5, 5.41) is 18.0. The zero-order valence-corrected chi connectivity index (χ0v) is 10.7. The Kier molecular flexibility index (Phi) is 5.34. The molecule has 0 radical (unpaired) electrons. The van der Waals surface area contributed by atoms with Crippen LogP contribution in [0.3, 0.4) is 0 Å². The molecule has 0 aromatic heterocycles. The summed E-state index contributed by atoms with van der Waals surface area (Å²) >= 11 is 0. The van der Waals surface area contributed by atoms with Crippen molar-refractivity contribution in [2.45, 2.75) is 12.8 Å². The zero-order chi connectivity index (χ0) is 13.5. The van der Waals surface area contributed by atoms with Gasteiger partial charge < -0.3 is 10.0 Å². The zero-order valence-electron chi connectivity index (χ0n) is 10.7. The van der Waals surface area contributed by atoms with E-state index in [1.54, 1.807) is 0 Å². The highest BCUT2D eigenvalue weighted by molar-refractivity contribution is 5.76. The number of carboxylic acid groups (broad SMARTS) is 1. The van der Waals surface area contributed by atoms with Crippen LogP contribution in [0.1, 0.15) is 18.4 Å². The molecule has 0 saturated carbocycles. The van der Waals surface area contributed by atoms with Crippen LogP contribution in [0.25, 0.3) is 0 Å². The fourth-order valence-electron chi connectivity index (χ4n) is 1.91. The topological polar surface area (TPSA) is 64.3 Å². The number of aliphatic carboxylic acids is 1. The number of likely N-dealkylation sites (N-methyl/N-ethyl adjacent to an activating group) is 1. The first-order valence-electron chi connectivity index (χ1n) is 5.90. The quantitative estimate of drug-likeness (QED) is 0.833. The molecule has 4 heteroatoms. The molecule has 0 amide bonds. The van der Waals surface area contributed by atoms with Gasteiger partial charge in [0.15, 0.2) is 0 Å². The maximum atomic E-state index is 11.3. The molecular formula is C14H18N2O2. The molecule has 1 N–H and O–H groups in total. The van der Waals surface area contributed by atoms with E-state index in [4.69, 9.17) is 5.26 Å². The van der Waals surface area contributed by atoms with Gasteiger partial charge in [0.1, 0.15) is 0 Å². The largest absolute Gasteiger partial charge is 0.481 e. The molecule has 0 aliphatic carbocycles. The summed E-state index contributed by atoms with van der Waals surface area (Å²) in [6, 6.07) is 11.3. The van der Waals surface area contributed by atoms with Gasteiger partial charge in [-0.2, -0.15) is 5.26 Å². The van der Waals surface area contributed by atoms with E-state index in [-0.39, 0.29) is 5.92 Å². The first-order chi connectivity index (χ1) is 8.54. The Morgan fingerprint density at radius 3 is 2.50 bits per heavy atom. The number of hydrogen-bond donors (Lipinski definition) is 1. The monoisotopic (exact) mass is 246 g/mol. The SMILES string of the molecule is CC(C#N)CN(C)CC(C(=O)O)c1ccccc1. The van der Waals surface area contributed by atoms with Gasteiger partial charge in [0.2, 0.25) is 0 Å². The molecule has 96 valence electrons. The molecule has 0 aliphatic rings. The van der Waals surface area contributed by atoms with Gasteiger partial charge in [-0.05, 0) is 19.5 Å². The van der Waals surface area contributed by atoms with Crippen LogP contribution in [0.2, 0.25) is 0 Å². The minimum atomic E-state index is -0.835. The maximum absolute atomic E-state index is 11.3. The van der Waals surface area contributed by atoms with Gasteiger partial charge in [-0.3, -0.25) is 4.79 Å². The lowest BCUT2D eigenvalue weighted by Gasteiger charge is -2.22. The Bertz CT molecular complexity index is 425. The second-order valence-electron chi connectivity index (χ2n) is 4.55. The molecule has 0 aliphatic heterocycles. The van der Waals surface area contributed by atoms with Crippen LogP contribution in [0.5, 0.6) is 0 Å². The second-order valence-corrected chi connectivity index (χ2v) is 4.55. The van der Waals surface area contributed by atoms with Crippen LogP contribution < -0.4 is 0 Å². The van der Waals surface area contributed by atoms with Crippen molar-refractivity contribution in [1.29, 1.82) is 5.26 Å². The fraction of sp³-hybridized carbons (Fsp3) is 0.429. The number of rotatable bonds is 6. The minimum Gasteiger partial charge on any atom is -0.481 e. The highest BCUT2D eigenvalue weighted by Gasteiger charge is 2.21. The molecule has 1 aromatic rings. The number of benzene rings is 1. The van der Waals surface area contributed by atoms with Gasteiger partial charge in [-0.15, -0.1) is 0 Å². The third-order valence-electron chi connectivity index (χ3n) is 2.80. The van der Waals surface area contributed by atoms with E-state index >= 15 is 0 Å². The van der Waals surface area contributed by atoms with Crippen LogP contribution in [0.15, 0.2) is 30.3 Å². The number of hydrogen-bond acceptors (Lipinski definition) is 3. The molecule has 1 aromatic carbocycles. The Morgan fingerprint density at radius 1 is 1.39 bits per heavy atom. The highest BCUT2D eigenvalue weighted by atomic mass is 16.4. The number of carboxylic acids is 1. The summed E-state index contributed by atoms with van der Waals surface area (Å²) in [7, 11) is 1.84.